The summed E-state index contributed by atoms with van der Waals surface area (Å²) in [6, 6.07) is 5.46. The number of hydrogen-bond acceptors (Lipinski definition) is 9. The van der Waals surface area contributed by atoms with Crippen molar-refractivity contribution < 1.29 is 38.0 Å². The topological polar surface area (TPSA) is 150 Å². The van der Waals surface area contributed by atoms with E-state index in [4.69, 9.17) is 5.26 Å². The fourth-order valence-electron chi connectivity index (χ4n) is 3.07. The highest BCUT2D eigenvalue weighted by Gasteiger charge is 2.22. The minimum absolute atomic E-state index is 0.0684. The van der Waals surface area contributed by atoms with Gasteiger partial charge in [-0.2, -0.15) is 5.26 Å². The van der Waals surface area contributed by atoms with Crippen molar-refractivity contribution >= 4 is 28.0 Å². The van der Waals surface area contributed by atoms with Crippen LogP contribution < -0.4 is 4.31 Å². The van der Waals surface area contributed by atoms with Gasteiger partial charge in [0.15, 0.2) is 0 Å². The summed E-state index contributed by atoms with van der Waals surface area (Å²) in [7, 11) is -2.34. The summed E-state index contributed by atoms with van der Waals surface area (Å²) in [5.41, 5.74) is 1.76. The lowest BCUT2D eigenvalue weighted by molar-refractivity contribution is -0.236. The Kier molecular flexibility index (Phi) is 9.21. The van der Waals surface area contributed by atoms with Gasteiger partial charge in [-0.3, -0.25) is 0 Å². The van der Waals surface area contributed by atoms with Gasteiger partial charge in [0, 0.05) is 24.6 Å². The third-order valence-corrected chi connectivity index (χ3v) is 6.07. The van der Waals surface area contributed by atoms with Crippen LogP contribution >= 0.6 is 0 Å². The maximum Gasteiger partial charge on any atom is 0.344 e. The minimum Gasteiger partial charge on any atom is -0.392 e. The number of rotatable bonds is 10. The fourth-order valence-corrected chi connectivity index (χ4v) is 3.45. The highest BCUT2D eigenvalue weighted by atomic mass is 32.2. The lowest BCUT2D eigenvalue weighted by Gasteiger charge is -2.20. The van der Waals surface area contributed by atoms with Crippen molar-refractivity contribution in [2.45, 2.75) is 44.8 Å². The number of carbonyl (C=O) groups excluding carboxylic acids is 1. The predicted molar refractivity (Wildman–Crippen MR) is 124 cm³/mol. The molecule has 2 aromatic rings. The van der Waals surface area contributed by atoms with E-state index in [1.165, 1.54) is 43.5 Å². The van der Waals surface area contributed by atoms with Gasteiger partial charge in [0.1, 0.15) is 5.82 Å². The van der Waals surface area contributed by atoms with Crippen molar-refractivity contribution in [3.05, 3.63) is 47.4 Å². The van der Waals surface area contributed by atoms with E-state index in [1.807, 2.05) is 13.8 Å². The molecular formula is C22H28FN3O7S. The van der Waals surface area contributed by atoms with E-state index in [2.05, 4.69) is 14.9 Å². The van der Waals surface area contributed by atoms with Gasteiger partial charge >= 0.3 is 5.97 Å². The fraction of sp³-hybridized carbons (Fsp3) is 0.409. The van der Waals surface area contributed by atoms with Gasteiger partial charge < -0.3 is 15.1 Å². The molecule has 2 rings (SSSR count). The molecule has 0 amide bonds. The lowest BCUT2D eigenvalue weighted by atomic mass is 9.97. The summed E-state index contributed by atoms with van der Waals surface area (Å²) in [6.07, 6.45) is 0.749. The molecule has 0 spiro atoms. The normalized spacial score (nSPS) is 13.8. The van der Waals surface area contributed by atoms with Gasteiger partial charge in [0.25, 0.3) is 0 Å². The average molecular weight is 498 g/mol. The van der Waals surface area contributed by atoms with E-state index in [0.717, 1.165) is 10.6 Å². The van der Waals surface area contributed by atoms with E-state index < -0.39 is 40.4 Å². The predicted octanol–water partition coefficient (Wildman–Crippen LogP) is 2.33. The standard InChI is InChI=1S/C22H28FN3O7S/c1-13(2)20-18(10-9-16(27)11-17(28)12-19(29)33-30)21(14-5-7-15(23)8-6-14)25-22(24-20)26(3)34(4,31)32/h5-10,13,16-17,27-28,30H,11-12H2,1-4H3/b10-9+/t16-,17-/m1/s1. The number of carbonyl (C=O) groups is 1. The van der Waals surface area contributed by atoms with E-state index >= 15 is 0 Å². The molecule has 0 fully saturated rings. The summed E-state index contributed by atoms with van der Waals surface area (Å²) >= 11 is 0. The minimum atomic E-state index is -3.66. The summed E-state index contributed by atoms with van der Waals surface area (Å²) in [6.45, 7) is 3.69. The number of aliphatic hydroxyl groups excluding tert-OH is 2. The largest absolute Gasteiger partial charge is 0.392 e. The van der Waals surface area contributed by atoms with Crippen LogP contribution in [0.5, 0.6) is 0 Å². The molecule has 0 bridgehead atoms. The number of aliphatic hydroxyl groups is 2. The molecule has 0 saturated heterocycles. The maximum atomic E-state index is 13.5. The highest BCUT2D eigenvalue weighted by Crippen LogP contribution is 2.31. The van der Waals surface area contributed by atoms with E-state index in [0.29, 0.717) is 22.5 Å². The number of benzene rings is 1. The lowest BCUT2D eigenvalue weighted by Crippen LogP contribution is -2.27. The molecule has 1 aromatic carbocycles. The van der Waals surface area contributed by atoms with Crippen molar-refractivity contribution in [1.29, 1.82) is 0 Å². The SMILES string of the molecule is CC(C)c1nc(N(C)S(C)(=O)=O)nc(-c2ccc(F)cc2)c1/C=C/[C@@H](O)C[C@@H](O)CC(=O)OO. The molecule has 2 atom stereocenters. The smallest absolute Gasteiger partial charge is 0.344 e. The first-order chi connectivity index (χ1) is 15.8. The molecule has 1 heterocycles. The summed E-state index contributed by atoms with van der Waals surface area (Å²) in [4.78, 5) is 23.4. The Balaban J connectivity index is 2.57. The second-order valence-electron chi connectivity index (χ2n) is 8.05. The van der Waals surface area contributed by atoms with Gasteiger partial charge in [-0.05, 0) is 30.2 Å². The van der Waals surface area contributed by atoms with E-state index in [-0.39, 0.29) is 18.3 Å². The molecule has 0 saturated carbocycles. The van der Waals surface area contributed by atoms with Crippen LogP contribution in [0, 0.1) is 5.82 Å². The number of aromatic nitrogens is 2. The monoisotopic (exact) mass is 497 g/mol. The van der Waals surface area contributed by atoms with E-state index in [9.17, 15) is 27.8 Å². The molecule has 34 heavy (non-hydrogen) atoms. The molecule has 1 aromatic heterocycles. The maximum absolute atomic E-state index is 13.5. The molecular weight excluding hydrogens is 469 g/mol. The number of anilines is 1. The Bertz CT molecular complexity index is 1140. The summed E-state index contributed by atoms with van der Waals surface area (Å²) in [5.74, 6) is -1.75. The molecule has 3 N–H and O–H groups in total. The second kappa shape index (κ2) is 11.5. The van der Waals surface area contributed by atoms with Crippen LogP contribution in [0.2, 0.25) is 0 Å². The molecule has 186 valence electrons. The van der Waals surface area contributed by atoms with Crippen molar-refractivity contribution in [3.8, 4) is 11.3 Å². The molecule has 0 unspecified atom stereocenters. The first kappa shape index (κ1) is 27.3. The number of halogens is 1. The van der Waals surface area contributed by atoms with Crippen LogP contribution in [0.25, 0.3) is 17.3 Å². The molecule has 0 radical (unpaired) electrons. The van der Waals surface area contributed by atoms with Crippen LogP contribution in [-0.2, 0) is 19.7 Å². The number of nitrogens with zero attached hydrogens (tertiary/aromatic N) is 3. The molecule has 0 aliphatic rings. The number of hydrogen-bond donors (Lipinski definition) is 3. The Morgan fingerprint density at radius 1 is 1.21 bits per heavy atom. The van der Waals surface area contributed by atoms with Gasteiger partial charge in [-0.25, -0.2) is 31.9 Å². The number of sulfonamides is 1. The quantitative estimate of drug-likeness (QED) is 0.332. The third-order valence-electron chi connectivity index (χ3n) is 4.91. The van der Waals surface area contributed by atoms with Crippen LogP contribution in [0.4, 0.5) is 10.3 Å². The van der Waals surface area contributed by atoms with Crippen LogP contribution in [0.15, 0.2) is 30.3 Å². The molecule has 10 nitrogen and oxygen atoms in total. The van der Waals surface area contributed by atoms with Crippen LogP contribution in [-0.4, -0.2) is 65.3 Å². The zero-order chi connectivity index (χ0) is 25.6. The average Bonchev–Trinajstić information content (AvgIpc) is 2.76. The summed E-state index contributed by atoms with van der Waals surface area (Å²) in [5, 5.41) is 28.5. The first-order valence-electron chi connectivity index (χ1n) is 10.3. The van der Waals surface area contributed by atoms with Gasteiger partial charge in [-0.1, -0.05) is 26.0 Å². The first-order valence-corrected chi connectivity index (χ1v) is 12.2. The second-order valence-corrected chi connectivity index (χ2v) is 10.1. The summed E-state index contributed by atoms with van der Waals surface area (Å²) < 4.78 is 38.6. The zero-order valence-corrected chi connectivity index (χ0v) is 20.0. The Morgan fingerprint density at radius 2 is 1.82 bits per heavy atom. The van der Waals surface area contributed by atoms with E-state index in [1.54, 1.807) is 0 Å². The van der Waals surface area contributed by atoms with Gasteiger partial charge in [0.05, 0.1) is 36.3 Å². The Morgan fingerprint density at radius 3 is 2.35 bits per heavy atom. The molecule has 0 aliphatic heterocycles. The third kappa shape index (κ3) is 7.29. The van der Waals surface area contributed by atoms with Gasteiger partial charge in [-0.15, -0.1) is 0 Å². The van der Waals surface area contributed by atoms with Gasteiger partial charge in [0.2, 0.25) is 16.0 Å². The molecule has 12 heteroatoms. The van der Waals surface area contributed by atoms with Crippen molar-refractivity contribution in [2.75, 3.05) is 17.6 Å². The highest BCUT2D eigenvalue weighted by molar-refractivity contribution is 7.92. The van der Waals surface area contributed by atoms with Crippen molar-refractivity contribution in [3.63, 3.8) is 0 Å². The molecule has 0 aliphatic carbocycles. The van der Waals surface area contributed by atoms with Crippen molar-refractivity contribution in [2.24, 2.45) is 0 Å². The van der Waals surface area contributed by atoms with Crippen LogP contribution in [0.1, 0.15) is 43.9 Å². The Hall–Kier alpha value is -2.93. The van der Waals surface area contributed by atoms with Crippen LogP contribution in [0.3, 0.4) is 0 Å². The zero-order valence-electron chi connectivity index (χ0n) is 19.2. The Labute approximate surface area is 197 Å². The van der Waals surface area contributed by atoms with Crippen molar-refractivity contribution in [1.82, 2.24) is 9.97 Å².